The summed E-state index contributed by atoms with van der Waals surface area (Å²) < 4.78 is 6.55. The smallest absolute Gasteiger partial charge is 0.316 e. The van der Waals surface area contributed by atoms with Gasteiger partial charge >= 0.3 is 5.84 Å². The van der Waals surface area contributed by atoms with Crippen LogP contribution in [0.25, 0.3) is 0 Å². The molecule has 1 heterocycles. The van der Waals surface area contributed by atoms with Gasteiger partial charge in [0.1, 0.15) is 17.0 Å². The molecular weight excluding hydrogens is 304 g/mol. The summed E-state index contributed by atoms with van der Waals surface area (Å²) in [6.07, 6.45) is 0. The Balaban J connectivity index is 1.90. The van der Waals surface area contributed by atoms with E-state index in [1.165, 1.54) is 0 Å². The Hall–Kier alpha value is -2.53. The first-order valence-electron chi connectivity index (χ1n) is 7.90. The SMILES string of the molecule is CC1(C)N([O])C(c2ccc(Oc3ccccc3)cc2)=[N+]([O-])C1(C)C. The molecule has 0 aliphatic carbocycles. The van der Waals surface area contributed by atoms with Crippen molar-refractivity contribution in [3.05, 3.63) is 65.4 Å². The third kappa shape index (κ3) is 2.41. The van der Waals surface area contributed by atoms with Gasteiger partial charge in [-0.25, -0.2) is 0 Å². The minimum atomic E-state index is -0.816. The molecule has 5 heteroatoms. The molecule has 0 amide bonds. The van der Waals surface area contributed by atoms with Gasteiger partial charge in [-0.05, 0) is 64.1 Å². The van der Waals surface area contributed by atoms with Gasteiger partial charge in [0.05, 0.1) is 5.56 Å². The summed E-state index contributed by atoms with van der Waals surface area (Å²) in [7, 11) is 0. The van der Waals surface area contributed by atoms with E-state index in [9.17, 15) is 10.4 Å². The molecule has 2 aromatic carbocycles. The summed E-state index contributed by atoms with van der Waals surface area (Å²) >= 11 is 0. The van der Waals surface area contributed by atoms with Gasteiger partial charge in [0.25, 0.3) is 0 Å². The molecule has 5 nitrogen and oxygen atoms in total. The van der Waals surface area contributed by atoms with Crippen molar-refractivity contribution in [1.29, 1.82) is 0 Å². The van der Waals surface area contributed by atoms with E-state index in [-0.39, 0.29) is 5.84 Å². The molecule has 24 heavy (non-hydrogen) atoms. The monoisotopic (exact) mass is 325 g/mol. The van der Waals surface area contributed by atoms with Crippen LogP contribution in [0.4, 0.5) is 0 Å². The zero-order chi connectivity index (χ0) is 17.5. The van der Waals surface area contributed by atoms with Gasteiger partial charge in [-0.3, -0.25) is 4.74 Å². The first-order valence-corrected chi connectivity index (χ1v) is 7.90. The molecule has 0 aromatic heterocycles. The largest absolute Gasteiger partial charge is 0.714 e. The third-order valence-corrected chi connectivity index (χ3v) is 4.99. The van der Waals surface area contributed by atoms with Gasteiger partial charge < -0.3 is 9.94 Å². The summed E-state index contributed by atoms with van der Waals surface area (Å²) in [5, 5.41) is 26.1. The highest BCUT2D eigenvalue weighted by atomic mass is 16.5. The van der Waals surface area contributed by atoms with E-state index in [2.05, 4.69) is 0 Å². The maximum Gasteiger partial charge on any atom is 0.316 e. The highest BCUT2D eigenvalue weighted by molar-refractivity contribution is 5.96. The third-order valence-electron chi connectivity index (χ3n) is 4.99. The van der Waals surface area contributed by atoms with Crippen LogP contribution in [-0.4, -0.2) is 26.7 Å². The maximum atomic E-state index is 12.6. The molecule has 0 fully saturated rings. The second-order valence-corrected chi connectivity index (χ2v) is 6.97. The van der Waals surface area contributed by atoms with Crippen molar-refractivity contribution < 1.29 is 14.7 Å². The van der Waals surface area contributed by atoms with Crippen LogP contribution < -0.4 is 4.74 Å². The summed E-state index contributed by atoms with van der Waals surface area (Å²) in [6.45, 7) is 7.13. The molecule has 0 atom stereocenters. The summed E-state index contributed by atoms with van der Waals surface area (Å²) in [5.41, 5.74) is -1.05. The van der Waals surface area contributed by atoms with Gasteiger partial charge in [0, 0.05) is 5.21 Å². The predicted octanol–water partition coefficient (Wildman–Crippen LogP) is 3.95. The summed E-state index contributed by atoms with van der Waals surface area (Å²) in [4.78, 5) is 0. The summed E-state index contributed by atoms with van der Waals surface area (Å²) in [6, 6.07) is 16.4. The quantitative estimate of drug-likeness (QED) is 0.634. The first-order chi connectivity index (χ1) is 11.2. The van der Waals surface area contributed by atoms with Gasteiger partial charge in [-0.1, -0.05) is 23.3 Å². The number of hydrogen-bond donors (Lipinski definition) is 0. The Morgan fingerprint density at radius 3 is 1.96 bits per heavy atom. The molecule has 1 radical (unpaired) electrons. The highest BCUT2D eigenvalue weighted by Gasteiger charge is 2.59. The zero-order valence-electron chi connectivity index (χ0n) is 14.3. The molecule has 1 aliphatic heterocycles. The van der Waals surface area contributed by atoms with Crippen molar-refractivity contribution in [2.45, 2.75) is 38.8 Å². The second kappa shape index (κ2) is 5.53. The second-order valence-electron chi connectivity index (χ2n) is 6.97. The van der Waals surface area contributed by atoms with E-state index < -0.39 is 11.1 Å². The molecule has 0 spiro atoms. The molecule has 2 aromatic rings. The topological polar surface area (TPSA) is 58.4 Å². The van der Waals surface area contributed by atoms with E-state index in [1.54, 1.807) is 52.0 Å². The van der Waals surface area contributed by atoms with Crippen molar-refractivity contribution in [3.8, 4) is 11.5 Å². The van der Waals surface area contributed by atoms with Crippen LogP contribution in [0.2, 0.25) is 0 Å². The van der Waals surface area contributed by atoms with Gasteiger partial charge in [0.15, 0.2) is 5.54 Å². The van der Waals surface area contributed by atoms with E-state index in [0.717, 1.165) is 15.6 Å². The van der Waals surface area contributed by atoms with Crippen LogP contribution in [0.3, 0.4) is 0 Å². The lowest BCUT2D eigenvalue weighted by molar-refractivity contribution is -0.539. The number of para-hydroxylation sites is 1. The number of rotatable bonds is 3. The van der Waals surface area contributed by atoms with Crippen molar-refractivity contribution in [2.24, 2.45) is 0 Å². The highest BCUT2D eigenvalue weighted by Crippen LogP contribution is 2.37. The van der Waals surface area contributed by atoms with E-state index in [0.29, 0.717) is 11.3 Å². The van der Waals surface area contributed by atoms with Crippen LogP contribution >= 0.6 is 0 Å². The van der Waals surface area contributed by atoms with Crippen molar-refractivity contribution in [3.63, 3.8) is 0 Å². The van der Waals surface area contributed by atoms with E-state index in [1.807, 2.05) is 30.3 Å². The molecule has 0 saturated carbocycles. The number of hydrogen-bond acceptors (Lipinski definition) is 3. The molecule has 1 aliphatic rings. The Kier molecular flexibility index (Phi) is 3.76. The Morgan fingerprint density at radius 2 is 1.46 bits per heavy atom. The lowest BCUT2D eigenvalue weighted by Gasteiger charge is -2.32. The minimum Gasteiger partial charge on any atom is -0.714 e. The Bertz CT molecular complexity index is 765. The van der Waals surface area contributed by atoms with Crippen LogP contribution in [0.15, 0.2) is 54.6 Å². The first kappa shape index (κ1) is 16.3. The minimum absolute atomic E-state index is 0.135. The molecule has 125 valence electrons. The number of nitrogens with zero attached hydrogens (tertiary/aromatic N) is 2. The number of benzene rings is 2. The zero-order valence-corrected chi connectivity index (χ0v) is 14.3. The average Bonchev–Trinajstić information content (AvgIpc) is 2.67. The lowest BCUT2D eigenvalue weighted by atomic mass is 9.84. The Morgan fingerprint density at radius 1 is 0.917 bits per heavy atom. The van der Waals surface area contributed by atoms with E-state index in [4.69, 9.17) is 4.74 Å². The van der Waals surface area contributed by atoms with Gasteiger partial charge in [-0.15, -0.1) is 0 Å². The molecule has 0 N–H and O–H groups in total. The maximum absolute atomic E-state index is 12.6. The number of ether oxygens (including phenoxy) is 1. The summed E-state index contributed by atoms with van der Waals surface area (Å²) in [5.74, 6) is 1.52. The van der Waals surface area contributed by atoms with Crippen molar-refractivity contribution in [2.75, 3.05) is 0 Å². The van der Waals surface area contributed by atoms with Gasteiger partial charge in [-0.2, -0.15) is 0 Å². The molecule has 0 unspecified atom stereocenters. The fraction of sp³-hybridized carbons (Fsp3) is 0.316. The fourth-order valence-corrected chi connectivity index (χ4v) is 2.64. The van der Waals surface area contributed by atoms with Crippen LogP contribution in [0.5, 0.6) is 11.5 Å². The average molecular weight is 325 g/mol. The van der Waals surface area contributed by atoms with E-state index >= 15 is 0 Å². The fourth-order valence-electron chi connectivity index (χ4n) is 2.64. The molecular formula is C19H21N2O3. The number of amidine groups is 1. The molecule has 0 bridgehead atoms. The van der Waals surface area contributed by atoms with Crippen molar-refractivity contribution in [1.82, 2.24) is 5.06 Å². The number of hydroxylamine groups is 3. The molecule has 3 rings (SSSR count). The van der Waals surface area contributed by atoms with Gasteiger partial charge in [0.2, 0.25) is 0 Å². The molecule has 0 saturated heterocycles. The lowest BCUT2D eigenvalue weighted by Crippen LogP contribution is -2.53. The normalized spacial score (nSPS) is 18.8. The predicted molar refractivity (Wildman–Crippen MR) is 91.4 cm³/mol. The van der Waals surface area contributed by atoms with Crippen LogP contribution in [-0.2, 0) is 5.21 Å². The standard InChI is InChI=1S/C19H21N2O3/c1-18(2)19(3,4)21(23)17(20(18)22)14-10-12-16(13-11-14)24-15-8-6-5-7-9-15/h5-13H,1-4H3. The van der Waals surface area contributed by atoms with Crippen LogP contribution in [0, 0.1) is 5.21 Å². The van der Waals surface area contributed by atoms with Crippen molar-refractivity contribution >= 4 is 5.84 Å². The van der Waals surface area contributed by atoms with Crippen LogP contribution in [0.1, 0.15) is 33.3 Å². The Labute approximate surface area is 142 Å².